The maximum Gasteiger partial charge on any atom is 0.128 e. The van der Waals surface area contributed by atoms with Crippen molar-refractivity contribution in [2.24, 2.45) is 12.8 Å². The molecule has 2 aromatic rings. The fraction of sp³-hybridized carbons (Fsp3) is 0.471. The largest absolute Gasteiger partial charge is 0.492 e. The van der Waals surface area contributed by atoms with Crippen molar-refractivity contribution >= 4 is 11.6 Å². The fourth-order valence-corrected chi connectivity index (χ4v) is 3.23. The molecular formula is C17H23ClN4O. The molecule has 0 saturated carbocycles. The lowest BCUT2D eigenvalue weighted by atomic mass is 10.1. The lowest BCUT2D eigenvalue weighted by molar-refractivity contribution is 0.174. The summed E-state index contributed by atoms with van der Waals surface area (Å²) in [4.78, 5) is 2.41. The van der Waals surface area contributed by atoms with E-state index in [9.17, 15) is 0 Å². The summed E-state index contributed by atoms with van der Waals surface area (Å²) >= 11 is 6.26. The Hall–Kier alpha value is -1.56. The van der Waals surface area contributed by atoms with Crippen molar-refractivity contribution in [3.8, 4) is 17.0 Å². The van der Waals surface area contributed by atoms with Crippen molar-refractivity contribution in [1.29, 1.82) is 0 Å². The number of hydrogen-bond acceptors (Lipinski definition) is 4. The molecule has 0 spiro atoms. The predicted molar refractivity (Wildman–Crippen MR) is 92.8 cm³/mol. The zero-order valence-electron chi connectivity index (χ0n) is 13.4. The average Bonchev–Trinajstić information content (AvgIpc) is 2.89. The van der Waals surface area contributed by atoms with Gasteiger partial charge in [0.25, 0.3) is 0 Å². The second-order valence-corrected chi connectivity index (χ2v) is 6.40. The Morgan fingerprint density at radius 2 is 2.04 bits per heavy atom. The van der Waals surface area contributed by atoms with Crippen LogP contribution in [0.5, 0.6) is 5.75 Å². The Balaban J connectivity index is 1.65. The van der Waals surface area contributed by atoms with E-state index in [4.69, 9.17) is 22.1 Å². The van der Waals surface area contributed by atoms with Crippen LogP contribution >= 0.6 is 11.6 Å². The van der Waals surface area contributed by atoms with E-state index in [1.807, 2.05) is 31.3 Å². The molecule has 1 aromatic heterocycles. The molecule has 1 aliphatic heterocycles. The molecule has 1 aromatic carbocycles. The van der Waals surface area contributed by atoms with Gasteiger partial charge in [-0.3, -0.25) is 9.58 Å². The van der Waals surface area contributed by atoms with Crippen LogP contribution in [0.4, 0.5) is 0 Å². The number of nitrogens with two attached hydrogens (primary N) is 1. The van der Waals surface area contributed by atoms with Gasteiger partial charge < -0.3 is 10.5 Å². The quantitative estimate of drug-likeness (QED) is 0.913. The predicted octanol–water partition coefficient (Wildman–Crippen LogP) is 2.54. The van der Waals surface area contributed by atoms with Crippen molar-refractivity contribution in [2.45, 2.75) is 18.9 Å². The first-order valence-electron chi connectivity index (χ1n) is 8.03. The highest BCUT2D eigenvalue weighted by Gasteiger charge is 2.17. The van der Waals surface area contributed by atoms with Crippen LogP contribution in [0, 0.1) is 0 Å². The number of aromatic nitrogens is 2. The highest BCUT2D eigenvalue weighted by Crippen LogP contribution is 2.34. The van der Waals surface area contributed by atoms with Crippen molar-refractivity contribution in [2.75, 3.05) is 26.2 Å². The molecule has 0 aliphatic carbocycles. The second-order valence-electron chi connectivity index (χ2n) is 5.99. The van der Waals surface area contributed by atoms with Gasteiger partial charge in [-0.05, 0) is 38.1 Å². The van der Waals surface area contributed by atoms with Gasteiger partial charge in [0.1, 0.15) is 12.4 Å². The van der Waals surface area contributed by atoms with E-state index in [1.54, 1.807) is 10.9 Å². The van der Waals surface area contributed by atoms with Crippen LogP contribution in [0.2, 0.25) is 5.02 Å². The molecule has 0 amide bonds. The van der Waals surface area contributed by atoms with Gasteiger partial charge in [0, 0.05) is 25.2 Å². The molecular weight excluding hydrogens is 312 g/mol. The third-order valence-corrected chi connectivity index (χ3v) is 4.61. The van der Waals surface area contributed by atoms with Gasteiger partial charge in [-0.2, -0.15) is 5.10 Å². The first kappa shape index (κ1) is 16.3. The van der Waals surface area contributed by atoms with E-state index >= 15 is 0 Å². The summed E-state index contributed by atoms with van der Waals surface area (Å²) in [6.45, 7) is 3.68. The summed E-state index contributed by atoms with van der Waals surface area (Å²) in [5, 5.41) is 4.84. The van der Waals surface area contributed by atoms with Gasteiger partial charge in [0.15, 0.2) is 0 Å². The highest BCUT2D eigenvalue weighted by atomic mass is 35.5. The van der Waals surface area contributed by atoms with Crippen molar-refractivity contribution in [1.82, 2.24) is 14.7 Å². The normalized spacial score (nSPS) is 16.7. The van der Waals surface area contributed by atoms with Crippen molar-refractivity contribution in [3.05, 3.63) is 35.5 Å². The Morgan fingerprint density at radius 3 is 2.74 bits per heavy atom. The Morgan fingerprint density at radius 1 is 1.30 bits per heavy atom. The highest BCUT2D eigenvalue weighted by molar-refractivity contribution is 6.33. The summed E-state index contributed by atoms with van der Waals surface area (Å²) in [5.74, 6) is 0.840. The number of piperidine rings is 1. The third-order valence-electron chi connectivity index (χ3n) is 4.33. The van der Waals surface area contributed by atoms with Crippen LogP contribution in [0.15, 0.2) is 30.5 Å². The molecule has 0 atom stereocenters. The Bertz CT molecular complexity index is 630. The summed E-state index contributed by atoms with van der Waals surface area (Å²) in [6, 6.07) is 8.31. The molecule has 2 N–H and O–H groups in total. The monoisotopic (exact) mass is 334 g/mol. The molecule has 0 bridgehead atoms. The van der Waals surface area contributed by atoms with Crippen LogP contribution in [0.25, 0.3) is 11.3 Å². The molecule has 1 saturated heterocycles. The molecule has 2 heterocycles. The Labute approximate surface area is 142 Å². The summed E-state index contributed by atoms with van der Waals surface area (Å²) in [7, 11) is 1.88. The topological polar surface area (TPSA) is 56.3 Å². The van der Waals surface area contributed by atoms with Crippen LogP contribution in [0.1, 0.15) is 12.8 Å². The molecule has 0 radical (unpaired) electrons. The van der Waals surface area contributed by atoms with Crippen molar-refractivity contribution in [3.63, 3.8) is 0 Å². The minimum Gasteiger partial charge on any atom is -0.492 e. The summed E-state index contributed by atoms with van der Waals surface area (Å²) < 4.78 is 7.80. The van der Waals surface area contributed by atoms with E-state index in [0.717, 1.165) is 49.5 Å². The van der Waals surface area contributed by atoms with Gasteiger partial charge in [0.2, 0.25) is 0 Å². The van der Waals surface area contributed by atoms with Crippen LogP contribution in [-0.4, -0.2) is 47.0 Å². The maximum absolute atomic E-state index is 6.26. The van der Waals surface area contributed by atoms with E-state index in [2.05, 4.69) is 10.00 Å². The van der Waals surface area contributed by atoms with E-state index in [-0.39, 0.29) is 0 Å². The number of nitrogens with zero attached hydrogens (tertiary/aromatic N) is 3. The summed E-state index contributed by atoms with van der Waals surface area (Å²) in [6.07, 6.45) is 3.80. The summed E-state index contributed by atoms with van der Waals surface area (Å²) in [5.41, 5.74) is 7.79. The number of halogens is 1. The molecule has 0 unspecified atom stereocenters. The number of para-hydroxylation sites is 1. The maximum atomic E-state index is 6.26. The first-order valence-corrected chi connectivity index (χ1v) is 8.40. The number of rotatable bonds is 5. The standard InChI is InChI=1S/C17H23ClN4O/c1-21-17(15(18)12-20-21)14-4-2-3-5-16(14)23-11-10-22-8-6-13(19)7-9-22/h2-5,12-13H,6-11,19H2,1H3. The minimum atomic E-state index is 0.361. The zero-order chi connectivity index (χ0) is 16.2. The lowest BCUT2D eigenvalue weighted by Gasteiger charge is -2.29. The zero-order valence-corrected chi connectivity index (χ0v) is 14.2. The number of likely N-dealkylation sites (tertiary alicyclic amines) is 1. The molecule has 124 valence electrons. The first-order chi connectivity index (χ1) is 11.1. The average molecular weight is 335 g/mol. The molecule has 6 heteroatoms. The molecule has 1 fully saturated rings. The molecule has 5 nitrogen and oxygen atoms in total. The van der Waals surface area contributed by atoms with Gasteiger partial charge in [-0.1, -0.05) is 23.7 Å². The van der Waals surface area contributed by atoms with Crippen LogP contribution < -0.4 is 10.5 Å². The molecule has 23 heavy (non-hydrogen) atoms. The smallest absolute Gasteiger partial charge is 0.128 e. The molecule has 1 aliphatic rings. The van der Waals surface area contributed by atoms with E-state index in [1.165, 1.54) is 0 Å². The van der Waals surface area contributed by atoms with E-state index < -0.39 is 0 Å². The minimum absolute atomic E-state index is 0.361. The number of aryl methyl sites for hydroxylation is 1. The number of ether oxygens (including phenoxy) is 1. The van der Waals surface area contributed by atoms with Gasteiger partial charge in [-0.15, -0.1) is 0 Å². The number of benzene rings is 1. The third kappa shape index (κ3) is 3.86. The fourth-order valence-electron chi connectivity index (χ4n) is 2.96. The lowest BCUT2D eigenvalue weighted by Crippen LogP contribution is -2.41. The number of hydrogen-bond donors (Lipinski definition) is 1. The van der Waals surface area contributed by atoms with Crippen molar-refractivity contribution < 1.29 is 4.74 Å². The van der Waals surface area contributed by atoms with Gasteiger partial charge >= 0.3 is 0 Å². The van der Waals surface area contributed by atoms with Gasteiger partial charge in [0.05, 0.1) is 16.9 Å². The SMILES string of the molecule is Cn1ncc(Cl)c1-c1ccccc1OCCN1CCC(N)CC1. The van der Waals surface area contributed by atoms with Crippen LogP contribution in [-0.2, 0) is 7.05 Å². The van der Waals surface area contributed by atoms with Gasteiger partial charge in [-0.25, -0.2) is 0 Å². The van der Waals surface area contributed by atoms with E-state index in [0.29, 0.717) is 17.7 Å². The second kappa shape index (κ2) is 7.34. The molecule has 3 rings (SSSR count). The Kier molecular flexibility index (Phi) is 5.20. The van der Waals surface area contributed by atoms with Crippen LogP contribution in [0.3, 0.4) is 0 Å².